The van der Waals surface area contributed by atoms with Gasteiger partial charge in [-0.15, -0.1) is 0 Å². The minimum Gasteiger partial charge on any atom is -0.497 e. The van der Waals surface area contributed by atoms with Crippen LogP contribution in [0.15, 0.2) is 54.9 Å². The largest absolute Gasteiger partial charge is 0.497 e. The van der Waals surface area contributed by atoms with Gasteiger partial charge in [0, 0.05) is 6.54 Å². The van der Waals surface area contributed by atoms with Crippen LogP contribution in [-0.4, -0.2) is 30.2 Å². The summed E-state index contributed by atoms with van der Waals surface area (Å²) in [6.07, 6.45) is 1.40. The predicted octanol–water partition coefficient (Wildman–Crippen LogP) is 3.21. The van der Waals surface area contributed by atoms with Crippen LogP contribution in [0.3, 0.4) is 0 Å². The number of aromatic nitrogens is 2. The smallest absolute Gasteiger partial charge is 0.339 e. The summed E-state index contributed by atoms with van der Waals surface area (Å²) in [5, 5.41) is 6.27. The summed E-state index contributed by atoms with van der Waals surface area (Å²) >= 11 is 0. The molecule has 0 aliphatic heterocycles. The summed E-state index contributed by atoms with van der Waals surface area (Å²) in [6, 6.07) is 14.6. The molecule has 144 valence electrons. The lowest BCUT2D eigenvalue weighted by molar-refractivity contribution is 0.0602. The van der Waals surface area contributed by atoms with Crippen LogP contribution >= 0.6 is 0 Å². The van der Waals surface area contributed by atoms with Crippen molar-refractivity contribution in [1.82, 2.24) is 9.97 Å². The quantitative estimate of drug-likeness (QED) is 0.537. The number of anilines is 4. The number of carbonyl (C=O) groups excluding carboxylic acids is 1. The maximum atomic E-state index is 11.9. The van der Waals surface area contributed by atoms with E-state index in [9.17, 15) is 4.79 Å². The lowest BCUT2D eigenvalue weighted by atomic mass is 10.2. The number of carbonyl (C=O) groups is 1. The van der Waals surface area contributed by atoms with Gasteiger partial charge >= 0.3 is 5.97 Å². The highest BCUT2D eigenvalue weighted by molar-refractivity contribution is 5.97. The first-order valence-corrected chi connectivity index (χ1v) is 8.54. The molecule has 2 aromatic carbocycles. The first-order valence-electron chi connectivity index (χ1n) is 8.54. The molecule has 3 aromatic rings. The molecule has 8 heteroatoms. The molecule has 0 amide bonds. The Hall–Kier alpha value is -3.81. The van der Waals surface area contributed by atoms with Crippen molar-refractivity contribution < 1.29 is 14.3 Å². The van der Waals surface area contributed by atoms with E-state index in [1.165, 1.54) is 13.4 Å². The third-order valence-electron chi connectivity index (χ3n) is 4.09. The van der Waals surface area contributed by atoms with Crippen molar-refractivity contribution in [3.63, 3.8) is 0 Å². The minimum atomic E-state index is -0.450. The Morgan fingerprint density at radius 2 is 1.75 bits per heavy atom. The number of nitrogens with one attached hydrogen (secondary N) is 2. The van der Waals surface area contributed by atoms with Gasteiger partial charge in [0.05, 0.1) is 25.5 Å². The number of hydrogen-bond acceptors (Lipinski definition) is 8. The van der Waals surface area contributed by atoms with Crippen LogP contribution in [0.1, 0.15) is 15.9 Å². The maximum Gasteiger partial charge on any atom is 0.339 e. The molecule has 4 N–H and O–H groups in total. The van der Waals surface area contributed by atoms with Gasteiger partial charge in [-0.3, -0.25) is 0 Å². The Balaban J connectivity index is 1.77. The predicted molar refractivity (Wildman–Crippen MR) is 108 cm³/mol. The van der Waals surface area contributed by atoms with E-state index >= 15 is 0 Å². The Labute approximate surface area is 162 Å². The molecule has 8 nitrogen and oxygen atoms in total. The number of hydrogen-bond donors (Lipinski definition) is 3. The van der Waals surface area contributed by atoms with Crippen molar-refractivity contribution >= 4 is 29.0 Å². The summed E-state index contributed by atoms with van der Waals surface area (Å²) in [6.45, 7) is 0.531. The molecule has 28 heavy (non-hydrogen) atoms. The molecule has 1 aromatic heterocycles. The molecule has 0 radical (unpaired) electrons. The van der Waals surface area contributed by atoms with Gasteiger partial charge in [-0.05, 0) is 29.8 Å². The first-order chi connectivity index (χ1) is 13.6. The van der Waals surface area contributed by atoms with E-state index in [1.54, 1.807) is 31.4 Å². The first kappa shape index (κ1) is 19.0. The summed E-state index contributed by atoms with van der Waals surface area (Å²) in [5.74, 6) is 1.22. The van der Waals surface area contributed by atoms with E-state index < -0.39 is 5.97 Å². The van der Waals surface area contributed by atoms with Crippen LogP contribution < -0.4 is 21.1 Å². The second kappa shape index (κ2) is 8.72. The Morgan fingerprint density at radius 1 is 1.04 bits per heavy atom. The molecule has 0 fully saturated rings. The van der Waals surface area contributed by atoms with Crippen molar-refractivity contribution in [1.29, 1.82) is 0 Å². The third kappa shape index (κ3) is 4.29. The van der Waals surface area contributed by atoms with Gasteiger partial charge in [0.25, 0.3) is 0 Å². The van der Waals surface area contributed by atoms with Gasteiger partial charge in [0.2, 0.25) is 0 Å². The second-order valence-electron chi connectivity index (χ2n) is 5.85. The number of rotatable bonds is 7. The van der Waals surface area contributed by atoms with Crippen LogP contribution in [0.5, 0.6) is 5.75 Å². The number of ether oxygens (including phenoxy) is 2. The fraction of sp³-hybridized carbons (Fsp3) is 0.150. The molecule has 0 unspecified atom stereocenters. The van der Waals surface area contributed by atoms with Gasteiger partial charge in [-0.25, -0.2) is 14.8 Å². The van der Waals surface area contributed by atoms with Crippen molar-refractivity contribution in [3.8, 4) is 5.75 Å². The van der Waals surface area contributed by atoms with Crippen LogP contribution in [0, 0.1) is 0 Å². The molecule has 0 aliphatic carbocycles. The Bertz CT molecular complexity index is 960. The molecule has 0 atom stereocenters. The van der Waals surface area contributed by atoms with E-state index in [0.717, 1.165) is 11.3 Å². The van der Waals surface area contributed by atoms with E-state index in [4.69, 9.17) is 15.2 Å². The van der Waals surface area contributed by atoms with Gasteiger partial charge in [-0.2, -0.15) is 0 Å². The van der Waals surface area contributed by atoms with E-state index in [0.29, 0.717) is 35.1 Å². The highest BCUT2D eigenvalue weighted by atomic mass is 16.5. The molecular weight excluding hydrogens is 358 g/mol. The zero-order valence-electron chi connectivity index (χ0n) is 15.6. The summed E-state index contributed by atoms with van der Waals surface area (Å²) in [5.41, 5.74) is 8.53. The lowest BCUT2D eigenvalue weighted by Gasteiger charge is -2.14. The molecular formula is C20H21N5O3. The number of methoxy groups -OCH3 is 2. The third-order valence-corrected chi connectivity index (χ3v) is 4.09. The number of para-hydroxylation sites is 1. The summed E-state index contributed by atoms with van der Waals surface area (Å²) in [4.78, 5) is 20.3. The van der Waals surface area contributed by atoms with Crippen LogP contribution in [-0.2, 0) is 11.3 Å². The number of nitrogens with two attached hydrogens (primary N) is 1. The molecule has 0 spiro atoms. The molecule has 0 bridgehead atoms. The van der Waals surface area contributed by atoms with Crippen molar-refractivity contribution in [2.75, 3.05) is 30.6 Å². The van der Waals surface area contributed by atoms with Gasteiger partial charge in [-0.1, -0.05) is 24.3 Å². The average Bonchev–Trinajstić information content (AvgIpc) is 2.74. The van der Waals surface area contributed by atoms with E-state index in [-0.39, 0.29) is 0 Å². The SMILES string of the molecule is COC(=O)c1ccccc1Nc1ncnc(NCc2ccc(OC)cc2)c1N. The van der Waals surface area contributed by atoms with Crippen LogP contribution in [0.25, 0.3) is 0 Å². The standard InChI is InChI=1S/C20H21N5O3/c1-27-14-9-7-13(8-10-14)11-22-18-17(21)19(24-12-23-18)25-16-6-4-3-5-15(16)20(26)28-2/h3-10,12H,11,21H2,1-2H3,(H2,22,23,24,25). The highest BCUT2D eigenvalue weighted by Gasteiger charge is 2.14. The lowest BCUT2D eigenvalue weighted by Crippen LogP contribution is -2.10. The maximum absolute atomic E-state index is 11.9. The van der Waals surface area contributed by atoms with Crippen LogP contribution in [0.2, 0.25) is 0 Å². The van der Waals surface area contributed by atoms with Gasteiger partial charge in [0.15, 0.2) is 11.6 Å². The van der Waals surface area contributed by atoms with Crippen molar-refractivity contribution in [3.05, 3.63) is 66.0 Å². The zero-order valence-corrected chi connectivity index (χ0v) is 15.6. The molecule has 3 rings (SSSR count). The monoisotopic (exact) mass is 379 g/mol. The number of esters is 1. The molecule has 0 saturated carbocycles. The second-order valence-corrected chi connectivity index (χ2v) is 5.85. The highest BCUT2D eigenvalue weighted by Crippen LogP contribution is 2.28. The number of benzene rings is 2. The molecule has 0 saturated heterocycles. The fourth-order valence-electron chi connectivity index (χ4n) is 2.57. The summed E-state index contributed by atoms with van der Waals surface area (Å²) < 4.78 is 9.96. The average molecular weight is 379 g/mol. The van der Waals surface area contributed by atoms with Gasteiger partial charge in [0.1, 0.15) is 17.8 Å². The number of nitrogens with zero attached hydrogens (tertiary/aromatic N) is 2. The Kier molecular flexibility index (Phi) is 5.91. The molecule has 1 heterocycles. The van der Waals surface area contributed by atoms with E-state index in [2.05, 4.69) is 20.6 Å². The normalized spacial score (nSPS) is 10.2. The Morgan fingerprint density at radius 3 is 2.46 bits per heavy atom. The zero-order chi connectivity index (χ0) is 19.9. The topological polar surface area (TPSA) is 111 Å². The summed E-state index contributed by atoms with van der Waals surface area (Å²) in [7, 11) is 2.96. The van der Waals surface area contributed by atoms with Crippen molar-refractivity contribution in [2.24, 2.45) is 0 Å². The van der Waals surface area contributed by atoms with Crippen LogP contribution in [0.4, 0.5) is 23.0 Å². The van der Waals surface area contributed by atoms with E-state index in [1.807, 2.05) is 24.3 Å². The van der Waals surface area contributed by atoms with Crippen molar-refractivity contribution in [2.45, 2.75) is 6.54 Å². The minimum absolute atomic E-state index is 0.343. The molecule has 0 aliphatic rings. The number of nitrogen functional groups attached to an aromatic ring is 1. The van der Waals surface area contributed by atoms with Gasteiger partial charge < -0.3 is 25.8 Å². The fourth-order valence-corrected chi connectivity index (χ4v) is 2.57.